The minimum Gasteiger partial charge on any atom is -0.361 e. The number of aryl methyl sites for hydroxylation is 2. The third kappa shape index (κ3) is 4.62. The van der Waals surface area contributed by atoms with Crippen molar-refractivity contribution in [1.29, 1.82) is 0 Å². The summed E-state index contributed by atoms with van der Waals surface area (Å²) in [7, 11) is 1.81. The first-order chi connectivity index (χ1) is 12.8. The number of hydrogen-bond acceptors (Lipinski definition) is 3. The van der Waals surface area contributed by atoms with Crippen LogP contribution in [0.2, 0.25) is 0 Å². The zero-order valence-electron chi connectivity index (χ0n) is 15.5. The minimum atomic E-state index is 0.849. The maximum atomic E-state index is 4.30. The van der Waals surface area contributed by atoms with Crippen molar-refractivity contribution < 1.29 is 0 Å². The number of fused-ring (bicyclic) bond motifs is 1. The van der Waals surface area contributed by atoms with E-state index < -0.39 is 0 Å². The second kappa shape index (κ2) is 9.03. The van der Waals surface area contributed by atoms with Crippen molar-refractivity contribution in [3.05, 3.63) is 48.2 Å². The number of aliphatic imine (C=N–C) groups is 1. The van der Waals surface area contributed by atoms with Gasteiger partial charge in [0.1, 0.15) is 12.7 Å². The lowest BCUT2D eigenvalue weighted by Crippen LogP contribution is -2.38. The molecule has 0 spiro atoms. The van der Waals surface area contributed by atoms with Gasteiger partial charge in [0.2, 0.25) is 0 Å². The van der Waals surface area contributed by atoms with Gasteiger partial charge in [0.25, 0.3) is 0 Å². The molecule has 0 saturated heterocycles. The number of benzene rings is 1. The van der Waals surface area contributed by atoms with Crippen LogP contribution in [-0.4, -0.2) is 45.8 Å². The molecule has 2 heterocycles. The van der Waals surface area contributed by atoms with Crippen molar-refractivity contribution in [1.82, 2.24) is 30.4 Å². The number of nitrogens with one attached hydrogen (secondary N) is 3. The number of nitrogens with zero attached hydrogens (tertiary/aromatic N) is 4. The average Bonchev–Trinajstić information content (AvgIpc) is 3.30. The Morgan fingerprint density at radius 2 is 1.96 bits per heavy atom. The van der Waals surface area contributed by atoms with Crippen LogP contribution in [-0.2, 0) is 13.0 Å². The van der Waals surface area contributed by atoms with Gasteiger partial charge in [-0.25, -0.2) is 0 Å². The van der Waals surface area contributed by atoms with E-state index >= 15 is 0 Å². The number of aromatic amines is 1. The smallest absolute Gasteiger partial charge is 0.190 e. The molecule has 138 valence electrons. The fourth-order valence-corrected chi connectivity index (χ4v) is 3.15. The molecule has 0 saturated carbocycles. The molecule has 0 aliphatic heterocycles. The lowest BCUT2D eigenvalue weighted by molar-refractivity contribution is 0.597. The van der Waals surface area contributed by atoms with Gasteiger partial charge in [-0.05, 0) is 43.4 Å². The Hall–Kier alpha value is -2.83. The maximum Gasteiger partial charge on any atom is 0.190 e. The molecule has 1 aromatic carbocycles. The van der Waals surface area contributed by atoms with Crippen molar-refractivity contribution >= 4 is 16.9 Å². The molecule has 0 unspecified atom stereocenters. The van der Waals surface area contributed by atoms with Gasteiger partial charge in [-0.15, -0.1) is 10.2 Å². The van der Waals surface area contributed by atoms with E-state index in [1.165, 1.54) is 22.0 Å². The predicted molar refractivity (Wildman–Crippen MR) is 105 cm³/mol. The van der Waals surface area contributed by atoms with Crippen LogP contribution in [0.5, 0.6) is 0 Å². The van der Waals surface area contributed by atoms with E-state index in [-0.39, 0.29) is 0 Å². The second-order valence-corrected chi connectivity index (χ2v) is 6.39. The maximum absolute atomic E-state index is 4.30. The quantitative estimate of drug-likeness (QED) is 0.329. The molecular weight excluding hydrogens is 326 g/mol. The Balaban J connectivity index is 1.38. The van der Waals surface area contributed by atoms with E-state index in [1.807, 2.05) is 11.6 Å². The van der Waals surface area contributed by atoms with Crippen LogP contribution >= 0.6 is 0 Å². The van der Waals surface area contributed by atoms with Gasteiger partial charge in [0, 0.05) is 43.8 Å². The van der Waals surface area contributed by atoms with E-state index in [1.54, 1.807) is 12.7 Å². The normalized spacial score (nSPS) is 11.8. The van der Waals surface area contributed by atoms with E-state index in [4.69, 9.17) is 0 Å². The highest BCUT2D eigenvalue weighted by Gasteiger charge is 2.06. The molecule has 7 heteroatoms. The fraction of sp³-hybridized carbons (Fsp3) is 0.421. The van der Waals surface area contributed by atoms with Crippen LogP contribution in [0.15, 0.2) is 42.0 Å². The lowest BCUT2D eigenvalue weighted by atomic mass is 10.1. The van der Waals surface area contributed by atoms with Crippen LogP contribution < -0.4 is 10.6 Å². The molecule has 3 rings (SSSR count). The largest absolute Gasteiger partial charge is 0.361 e. The van der Waals surface area contributed by atoms with Gasteiger partial charge in [0.15, 0.2) is 5.96 Å². The molecule has 2 aromatic heterocycles. The fourth-order valence-electron chi connectivity index (χ4n) is 3.15. The Kier molecular flexibility index (Phi) is 6.24. The van der Waals surface area contributed by atoms with Crippen LogP contribution in [0, 0.1) is 6.92 Å². The third-order valence-electron chi connectivity index (χ3n) is 4.51. The van der Waals surface area contributed by atoms with Crippen molar-refractivity contribution in [2.75, 3.05) is 20.1 Å². The van der Waals surface area contributed by atoms with Crippen molar-refractivity contribution in [3.8, 4) is 0 Å². The molecule has 3 N–H and O–H groups in total. The molecule has 0 atom stereocenters. The molecule has 7 nitrogen and oxygen atoms in total. The first-order valence-electron chi connectivity index (χ1n) is 9.10. The summed E-state index contributed by atoms with van der Waals surface area (Å²) < 4.78 is 2.00. The summed E-state index contributed by atoms with van der Waals surface area (Å²) in [5.41, 5.74) is 3.86. The lowest BCUT2D eigenvalue weighted by Gasteiger charge is -2.12. The van der Waals surface area contributed by atoms with Gasteiger partial charge in [-0.2, -0.15) is 0 Å². The van der Waals surface area contributed by atoms with Crippen LogP contribution in [0.25, 0.3) is 10.9 Å². The first-order valence-corrected chi connectivity index (χ1v) is 9.10. The molecule has 0 bridgehead atoms. The van der Waals surface area contributed by atoms with Gasteiger partial charge in [-0.3, -0.25) is 4.99 Å². The monoisotopic (exact) mass is 353 g/mol. The summed E-state index contributed by atoms with van der Waals surface area (Å²) in [6.07, 6.45) is 8.72. The topological polar surface area (TPSA) is 82.9 Å². The zero-order valence-corrected chi connectivity index (χ0v) is 15.5. The van der Waals surface area contributed by atoms with Gasteiger partial charge in [0.05, 0.1) is 0 Å². The number of H-pyrrole nitrogens is 1. The molecular formula is C19H27N7. The number of hydrogen-bond donors (Lipinski definition) is 3. The number of guanidine groups is 1. The standard InChI is InChI=1S/C19H27N7/c1-15-6-5-7-17-18(15)16(12-23-17)8-10-22-19(20-2)21-9-3-4-11-26-13-24-25-14-26/h5-7,12-14,23H,3-4,8-11H2,1-2H3,(H2,20,21,22). The average molecular weight is 353 g/mol. The van der Waals surface area contributed by atoms with Crippen LogP contribution in [0.1, 0.15) is 24.0 Å². The molecule has 0 radical (unpaired) electrons. The second-order valence-electron chi connectivity index (χ2n) is 6.39. The highest BCUT2D eigenvalue weighted by molar-refractivity contribution is 5.86. The number of rotatable bonds is 8. The molecule has 26 heavy (non-hydrogen) atoms. The Labute approximate surface area is 153 Å². The van der Waals surface area contributed by atoms with E-state index in [0.717, 1.165) is 44.9 Å². The van der Waals surface area contributed by atoms with Crippen molar-refractivity contribution in [2.24, 2.45) is 4.99 Å². The highest BCUT2D eigenvalue weighted by atomic mass is 15.2. The highest BCUT2D eigenvalue weighted by Crippen LogP contribution is 2.22. The zero-order chi connectivity index (χ0) is 18.2. The van der Waals surface area contributed by atoms with Crippen LogP contribution in [0.4, 0.5) is 0 Å². The molecule has 0 aliphatic rings. The Bertz CT molecular complexity index is 833. The molecule has 0 amide bonds. The van der Waals surface area contributed by atoms with Gasteiger partial charge in [-0.1, -0.05) is 12.1 Å². The van der Waals surface area contributed by atoms with Gasteiger partial charge < -0.3 is 20.2 Å². The summed E-state index contributed by atoms with van der Waals surface area (Å²) in [5, 5.41) is 15.7. The molecule has 0 fully saturated rings. The van der Waals surface area contributed by atoms with Crippen LogP contribution in [0.3, 0.4) is 0 Å². The van der Waals surface area contributed by atoms with E-state index in [0.29, 0.717) is 0 Å². The van der Waals surface area contributed by atoms with E-state index in [2.05, 4.69) is 62.1 Å². The third-order valence-corrected chi connectivity index (χ3v) is 4.51. The van der Waals surface area contributed by atoms with Crippen molar-refractivity contribution in [3.63, 3.8) is 0 Å². The summed E-state index contributed by atoms with van der Waals surface area (Å²) >= 11 is 0. The summed E-state index contributed by atoms with van der Waals surface area (Å²) in [4.78, 5) is 7.65. The van der Waals surface area contributed by atoms with Gasteiger partial charge >= 0.3 is 0 Å². The Morgan fingerprint density at radius 1 is 1.15 bits per heavy atom. The number of aromatic nitrogens is 4. The molecule has 0 aliphatic carbocycles. The predicted octanol–water partition coefficient (Wildman–Crippen LogP) is 2.26. The molecule has 3 aromatic rings. The minimum absolute atomic E-state index is 0.849. The SMILES string of the molecule is CN=C(NCCCCn1cnnc1)NCCc1c[nH]c2cccc(C)c12. The summed E-state index contributed by atoms with van der Waals surface area (Å²) in [6, 6.07) is 6.37. The summed E-state index contributed by atoms with van der Waals surface area (Å²) in [6.45, 7) is 4.85. The van der Waals surface area contributed by atoms with E-state index in [9.17, 15) is 0 Å². The summed E-state index contributed by atoms with van der Waals surface area (Å²) in [5.74, 6) is 0.853. The Morgan fingerprint density at radius 3 is 2.77 bits per heavy atom. The first kappa shape index (κ1) is 18.0. The van der Waals surface area contributed by atoms with Crippen molar-refractivity contribution in [2.45, 2.75) is 32.7 Å². The number of unbranched alkanes of at least 4 members (excludes halogenated alkanes) is 1.